The van der Waals surface area contributed by atoms with Gasteiger partial charge in [0.25, 0.3) is 11.6 Å². The molecule has 18 heavy (non-hydrogen) atoms. The van der Waals surface area contributed by atoms with Crippen molar-refractivity contribution >= 4 is 17.3 Å². The van der Waals surface area contributed by atoms with Crippen molar-refractivity contribution in [2.75, 3.05) is 25.4 Å². The van der Waals surface area contributed by atoms with Gasteiger partial charge in [-0.2, -0.15) is 0 Å². The van der Waals surface area contributed by atoms with Gasteiger partial charge >= 0.3 is 0 Å². The number of hydrogen-bond acceptors (Lipinski definition) is 5. The van der Waals surface area contributed by atoms with E-state index < -0.39 is 10.8 Å². The van der Waals surface area contributed by atoms with Gasteiger partial charge in [0.2, 0.25) is 0 Å². The number of nitro benzene ring substituents is 1. The predicted molar refractivity (Wildman–Crippen MR) is 66.2 cm³/mol. The van der Waals surface area contributed by atoms with Crippen molar-refractivity contribution in [3.63, 3.8) is 0 Å². The molecular formula is C11H15N3O4. The van der Waals surface area contributed by atoms with E-state index in [1.54, 1.807) is 6.92 Å². The maximum absolute atomic E-state index is 12.1. The summed E-state index contributed by atoms with van der Waals surface area (Å²) in [6.07, 6.45) is 0. The van der Waals surface area contributed by atoms with Crippen molar-refractivity contribution in [3.8, 4) is 0 Å². The summed E-state index contributed by atoms with van der Waals surface area (Å²) in [5.41, 5.74) is 5.72. The maximum atomic E-state index is 12.1. The van der Waals surface area contributed by atoms with Gasteiger partial charge in [-0.3, -0.25) is 14.9 Å². The average Bonchev–Trinajstić information content (AvgIpc) is 2.35. The molecule has 1 amide bonds. The Labute approximate surface area is 104 Å². The first kappa shape index (κ1) is 13.9. The highest BCUT2D eigenvalue weighted by molar-refractivity contribution is 5.99. The first-order valence-corrected chi connectivity index (χ1v) is 5.45. The number of nitrogen functional groups attached to an aromatic ring is 1. The molecule has 98 valence electrons. The van der Waals surface area contributed by atoms with E-state index in [-0.39, 0.29) is 30.1 Å². The molecule has 0 aliphatic heterocycles. The highest BCUT2D eigenvalue weighted by atomic mass is 16.6. The number of aliphatic hydroxyl groups is 1. The van der Waals surface area contributed by atoms with E-state index in [1.807, 2.05) is 0 Å². The highest BCUT2D eigenvalue weighted by Crippen LogP contribution is 2.21. The number of anilines is 1. The van der Waals surface area contributed by atoms with Crippen LogP contribution in [0.15, 0.2) is 18.2 Å². The highest BCUT2D eigenvalue weighted by Gasteiger charge is 2.19. The Kier molecular flexibility index (Phi) is 4.61. The van der Waals surface area contributed by atoms with Gasteiger partial charge in [0.15, 0.2) is 0 Å². The largest absolute Gasteiger partial charge is 0.398 e. The molecular weight excluding hydrogens is 238 g/mol. The molecule has 0 bridgehead atoms. The number of nitrogens with two attached hydrogens (primary N) is 1. The summed E-state index contributed by atoms with van der Waals surface area (Å²) in [4.78, 5) is 23.5. The lowest BCUT2D eigenvalue weighted by atomic mass is 10.1. The lowest BCUT2D eigenvalue weighted by Crippen LogP contribution is -2.33. The molecule has 0 aliphatic carbocycles. The number of aliphatic hydroxyl groups excluding tert-OH is 1. The zero-order valence-electron chi connectivity index (χ0n) is 10.00. The molecule has 0 unspecified atom stereocenters. The lowest BCUT2D eigenvalue weighted by Gasteiger charge is -2.20. The third kappa shape index (κ3) is 2.95. The summed E-state index contributed by atoms with van der Waals surface area (Å²) in [6, 6.07) is 3.73. The fourth-order valence-electron chi connectivity index (χ4n) is 1.54. The number of benzene rings is 1. The maximum Gasteiger partial charge on any atom is 0.270 e. The van der Waals surface area contributed by atoms with E-state index in [9.17, 15) is 14.9 Å². The molecule has 7 heteroatoms. The van der Waals surface area contributed by atoms with Crippen molar-refractivity contribution in [1.82, 2.24) is 4.90 Å². The summed E-state index contributed by atoms with van der Waals surface area (Å²) >= 11 is 0. The minimum atomic E-state index is -0.585. The second-order valence-corrected chi connectivity index (χ2v) is 3.64. The fourth-order valence-corrected chi connectivity index (χ4v) is 1.54. The van der Waals surface area contributed by atoms with E-state index in [1.165, 1.54) is 17.0 Å². The van der Waals surface area contributed by atoms with E-state index in [2.05, 4.69) is 0 Å². The van der Waals surface area contributed by atoms with Crippen LogP contribution in [0.1, 0.15) is 17.3 Å². The Balaban J connectivity index is 3.10. The number of nitrogens with zero attached hydrogens (tertiary/aromatic N) is 2. The lowest BCUT2D eigenvalue weighted by molar-refractivity contribution is -0.384. The molecule has 1 aromatic rings. The zero-order chi connectivity index (χ0) is 13.7. The van der Waals surface area contributed by atoms with Crippen LogP contribution in [-0.2, 0) is 0 Å². The number of likely N-dealkylation sites (N-methyl/N-ethyl adjacent to an activating group) is 1. The number of non-ortho nitro benzene ring substituents is 1. The van der Waals surface area contributed by atoms with Gasteiger partial charge < -0.3 is 15.7 Å². The second kappa shape index (κ2) is 5.97. The van der Waals surface area contributed by atoms with Crippen LogP contribution < -0.4 is 5.73 Å². The molecule has 0 atom stereocenters. The van der Waals surface area contributed by atoms with E-state index in [0.717, 1.165) is 6.07 Å². The monoisotopic (exact) mass is 253 g/mol. The van der Waals surface area contributed by atoms with Crippen LogP contribution in [0, 0.1) is 10.1 Å². The molecule has 0 fully saturated rings. The fraction of sp³-hybridized carbons (Fsp3) is 0.364. The Morgan fingerprint density at radius 2 is 2.22 bits per heavy atom. The first-order chi connectivity index (χ1) is 8.51. The third-order valence-corrected chi connectivity index (χ3v) is 2.52. The standard InChI is InChI=1S/C11H15N3O4/c1-2-13(5-6-15)11(16)9-7-8(14(17)18)3-4-10(9)12/h3-4,7,15H,2,5-6,12H2,1H3. The third-order valence-electron chi connectivity index (χ3n) is 2.52. The van der Waals surface area contributed by atoms with Crippen LogP contribution in [0.3, 0.4) is 0 Å². The van der Waals surface area contributed by atoms with E-state index in [4.69, 9.17) is 10.8 Å². The van der Waals surface area contributed by atoms with Crippen LogP contribution in [0.4, 0.5) is 11.4 Å². The number of nitro groups is 1. The topological polar surface area (TPSA) is 110 Å². The number of hydrogen-bond donors (Lipinski definition) is 2. The minimum Gasteiger partial charge on any atom is -0.398 e. The Morgan fingerprint density at radius 1 is 1.56 bits per heavy atom. The van der Waals surface area contributed by atoms with Crippen molar-refractivity contribution in [3.05, 3.63) is 33.9 Å². The van der Waals surface area contributed by atoms with Crippen LogP contribution in [0.5, 0.6) is 0 Å². The minimum absolute atomic E-state index is 0.0829. The summed E-state index contributed by atoms with van der Waals surface area (Å²) in [5.74, 6) is -0.423. The Bertz CT molecular complexity index is 462. The summed E-state index contributed by atoms with van der Waals surface area (Å²) in [6.45, 7) is 2.13. The van der Waals surface area contributed by atoms with Gasteiger partial charge in [0, 0.05) is 30.9 Å². The molecule has 7 nitrogen and oxygen atoms in total. The van der Waals surface area contributed by atoms with Gasteiger partial charge in [-0.25, -0.2) is 0 Å². The molecule has 1 aromatic carbocycles. The van der Waals surface area contributed by atoms with Crippen LogP contribution in [0.2, 0.25) is 0 Å². The summed E-state index contributed by atoms with van der Waals surface area (Å²) in [7, 11) is 0. The smallest absolute Gasteiger partial charge is 0.270 e. The molecule has 0 aromatic heterocycles. The average molecular weight is 253 g/mol. The number of rotatable bonds is 5. The SMILES string of the molecule is CCN(CCO)C(=O)c1cc([N+](=O)[O-])ccc1N. The second-order valence-electron chi connectivity index (χ2n) is 3.64. The number of carbonyl (C=O) groups is 1. The molecule has 0 spiro atoms. The molecule has 3 N–H and O–H groups in total. The van der Waals surface area contributed by atoms with Crippen molar-refractivity contribution < 1.29 is 14.8 Å². The molecule has 0 radical (unpaired) electrons. The predicted octanol–water partition coefficient (Wildman–Crippen LogP) is 0.631. The van der Waals surface area contributed by atoms with Crippen molar-refractivity contribution in [2.24, 2.45) is 0 Å². The quantitative estimate of drug-likeness (QED) is 0.454. The van der Waals surface area contributed by atoms with Crippen molar-refractivity contribution in [1.29, 1.82) is 0 Å². The van der Waals surface area contributed by atoms with Crippen LogP contribution >= 0.6 is 0 Å². The molecule has 1 rings (SSSR count). The Hall–Kier alpha value is -2.15. The molecule has 0 saturated heterocycles. The van der Waals surface area contributed by atoms with Gasteiger partial charge in [0.05, 0.1) is 17.1 Å². The number of carbonyl (C=O) groups excluding carboxylic acids is 1. The van der Waals surface area contributed by atoms with Gasteiger partial charge in [-0.05, 0) is 13.0 Å². The van der Waals surface area contributed by atoms with E-state index in [0.29, 0.717) is 6.54 Å². The zero-order valence-corrected chi connectivity index (χ0v) is 10.00. The van der Waals surface area contributed by atoms with Gasteiger partial charge in [0.1, 0.15) is 0 Å². The van der Waals surface area contributed by atoms with Gasteiger partial charge in [-0.15, -0.1) is 0 Å². The number of amides is 1. The summed E-state index contributed by atoms with van der Waals surface area (Å²) in [5, 5.41) is 19.5. The van der Waals surface area contributed by atoms with Crippen molar-refractivity contribution in [2.45, 2.75) is 6.92 Å². The Morgan fingerprint density at radius 3 is 2.72 bits per heavy atom. The summed E-state index contributed by atoms with van der Waals surface area (Å²) < 4.78 is 0. The van der Waals surface area contributed by atoms with E-state index >= 15 is 0 Å². The molecule has 0 aliphatic rings. The van der Waals surface area contributed by atoms with Gasteiger partial charge in [-0.1, -0.05) is 0 Å². The van der Waals surface area contributed by atoms with Crippen LogP contribution in [0.25, 0.3) is 0 Å². The molecule has 0 heterocycles. The van der Waals surface area contributed by atoms with Crippen LogP contribution in [-0.4, -0.2) is 40.5 Å². The normalized spacial score (nSPS) is 10.1. The first-order valence-electron chi connectivity index (χ1n) is 5.45. The molecule has 0 saturated carbocycles.